The number of nitrogens with zero attached hydrogens (tertiary/aromatic N) is 1. The molecule has 112 valence electrons. The molecule has 1 rings (SSSR count). The van der Waals surface area contributed by atoms with Gasteiger partial charge in [-0.2, -0.15) is 5.06 Å². The van der Waals surface area contributed by atoms with Crippen LogP contribution in [0.1, 0.15) is 53.4 Å². The molecule has 0 radical (unpaired) electrons. The largest absolute Gasteiger partial charge is 0.356 e. The SMILES string of the molecule is CC1(C)CC(CNC(=O)CCCCBr)C(C)(C)N1O. The van der Waals surface area contributed by atoms with E-state index in [1.165, 1.54) is 5.06 Å². The van der Waals surface area contributed by atoms with Crippen molar-refractivity contribution >= 4 is 21.8 Å². The van der Waals surface area contributed by atoms with Crippen LogP contribution in [0.2, 0.25) is 0 Å². The third kappa shape index (κ3) is 4.17. The summed E-state index contributed by atoms with van der Waals surface area (Å²) in [5.74, 6) is 0.388. The lowest BCUT2D eigenvalue weighted by molar-refractivity contribution is -0.196. The van der Waals surface area contributed by atoms with Crippen molar-refractivity contribution in [3.05, 3.63) is 0 Å². The number of amides is 1. The van der Waals surface area contributed by atoms with Crippen molar-refractivity contribution in [1.82, 2.24) is 10.4 Å². The van der Waals surface area contributed by atoms with Crippen LogP contribution in [0.25, 0.3) is 0 Å². The number of rotatable bonds is 6. The van der Waals surface area contributed by atoms with Gasteiger partial charge in [-0.1, -0.05) is 15.9 Å². The molecule has 1 unspecified atom stereocenters. The van der Waals surface area contributed by atoms with Gasteiger partial charge in [0.15, 0.2) is 0 Å². The molecule has 0 aliphatic carbocycles. The predicted molar refractivity (Wildman–Crippen MR) is 80.5 cm³/mol. The fourth-order valence-corrected chi connectivity index (χ4v) is 3.32. The van der Waals surface area contributed by atoms with Gasteiger partial charge >= 0.3 is 0 Å². The third-order valence-electron chi connectivity index (χ3n) is 4.20. The zero-order chi connectivity index (χ0) is 14.7. The van der Waals surface area contributed by atoms with E-state index in [-0.39, 0.29) is 22.9 Å². The highest BCUT2D eigenvalue weighted by molar-refractivity contribution is 9.09. The molecule has 2 N–H and O–H groups in total. The lowest BCUT2D eigenvalue weighted by atomic mass is 9.87. The van der Waals surface area contributed by atoms with Gasteiger partial charge in [0.25, 0.3) is 0 Å². The summed E-state index contributed by atoms with van der Waals surface area (Å²) >= 11 is 3.36. The van der Waals surface area contributed by atoms with Crippen LogP contribution in [0.4, 0.5) is 0 Å². The van der Waals surface area contributed by atoms with E-state index in [4.69, 9.17) is 0 Å². The minimum Gasteiger partial charge on any atom is -0.356 e. The van der Waals surface area contributed by atoms with Gasteiger partial charge < -0.3 is 10.5 Å². The average molecular weight is 335 g/mol. The Hall–Kier alpha value is -0.130. The van der Waals surface area contributed by atoms with E-state index in [9.17, 15) is 10.0 Å². The second-order valence-electron chi connectivity index (χ2n) is 6.63. The summed E-state index contributed by atoms with van der Waals surface area (Å²) in [5, 5.41) is 15.6. The van der Waals surface area contributed by atoms with Crippen molar-refractivity contribution in [2.75, 3.05) is 11.9 Å². The number of unbranched alkanes of at least 4 members (excludes halogenated alkanes) is 1. The highest BCUT2D eigenvalue weighted by Gasteiger charge is 2.50. The molecule has 0 bridgehead atoms. The first-order chi connectivity index (χ1) is 8.71. The Labute approximate surface area is 125 Å². The zero-order valence-electron chi connectivity index (χ0n) is 12.5. The fraction of sp³-hybridized carbons (Fsp3) is 0.929. The summed E-state index contributed by atoms with van der Waals surface area (Å²) in [6.07, 6.45) is 3.42. The van der Waals surface area contributed by atoms with Crippen molar-refractivity contribution in [2.24, 2.45) is 5.92 Å². The first-order valence-corrected chi connectivity index (χ1v) is 8.16. The number of hydrogen-bond donors (Lipinski definition) is 2. The highest BCUT2D eigenvalue weighted by Crippen LogP contribution is 2.42. The Morgan fingerprint density at radius 2 is 2.00 bits per heavy atom. The predicted octanol–water partition coefficient (Wildman–Crippen LogP) is 2.94. The molecular formula is C14H27BrN2O2. The quantitative estimate of drug-likeness (QED) is 0.580. The summed E-state index contributed by atoms with van der Waals surface area (Å²) in [5.41, 5.74) is -0.526. The van der Waals surface area contributed by atoms with E-state index in [0.717, 1.165) is 24.6 Å². The van der Waals surface area contributed by atoms with Gasteiger partial charge in [0.2, 0.25) is 5.91 Å². The topological polar surface area (TPSA) is 52.6 Å². The smallest absolute Gasteiger partial charge is 0.220 e. The van der Waals surface area contributed by atoms with Crippen LogP contribution in [0.5, 0.6) is 0 Å². The molecule has 0 spiro atoms. The molecule has 5 heteroatoms. The highest BCUT2D eigenvalue weighted by atomic mass is 79.9. The molecule has 1 heterocycles. The number of carbonyl (C=O) groups is 1. The van der Waals surface area contributed by atoms with Gasteiger partial charge in [-0.3, -0.25) is 4.79 Å². The van der Waals surface area contributed by atoms with E-state index in [2.05, 4.69) is 21.2 Å². The van der Waals surface area contributed by atoms with E-state index < -0.39 is 0 Å². The molecule has 1 atom stereocenters. The van der Waals surface area contributed by atoms with Crippen LogP contribution in [0.3, 0.4) is 0 Å². The molecule has 0 aromatic carbocycles. The summed E-state index contributed by atoms with van der Waals surface area (Å²) in [6.45, 7) is 8.77. The van der Waals surface area contributed by atoms with E-state index in [1.807, 2.05) is 27.7 Å². The number of nitrogens with one attached hydrogen (secondary N) is 1. The number of hydroxylamine groups is 2. The third-order valence-corrected chi connectivity index (χ3v) is 4.76. The maximum Gasteiger partial charge on any atom is 0.220 e. The van der Waals surface area contributed by atoms with Crippen LogP contribution in [0, 0.1) is 5.92 Å². The second-order valence-corrected chi connectivity index (χ2v) is 7.42. The van der Waals surface area contributed by atoms with Gasteiger partial charge in [0, 0.05) is 29.4 Å². The molecular weight excluding hydrogens is 308 g/mol. The van der Waals surface area contributed by atoms with Crippen LogP contribution in [0.15, 0.2) is 0 Å². The summed E-state index contributed by atoms with van der Waals surface area (Å²) < 4.78 is 0. The molecule has 1 aliphatic heterocycles. The maximum atomic E-state index is 11.7. The van der Waals surface area contributed by atoms with Crippen molar-refractivity contribution < 1.29 is 10.0 Å². The molecule has 1 aliphatic rings. The number of alkyl halides is 1. The van der Waals surface area contributed by atoms with Gasteiger partial charge in [-0.05, 0) is 52.9 Å². The lowest BCUT2D eigenvalue weighted by Gasteiger charge is -2.36. The van der Waals surface area contributed by atoms with Gasteiger partial charge in [0.05, 0.1) is 0 Å². The second kappa shape index (κ2) is 6.55. The molecule has 19 heavy (non-hydrogen) atoms. The fourth-order valence-electron chi connectivity index (χ4n) is 2.92. The monoisotopic (exact) mass is 334 g/mol. The minimum atomic E-state index is -0.299. The molecule has 0 saturated carbocycles. The summed E-state index contributed by atoms with van der Waals surface area (Å²) in [7, 11) is 0. The Morgan fingerprint density at radius 3 is 2.47 bits per heavy atom. The first-order valence-electron chi connectivity index (χ1n) is 7.03. The Bertz CT molecular complexity index is 319. The van der Waals surface area contributed by atoms with Crippen molar-refractivity contribution in [3.63, 3.8) is 0 Å². The molecule has 0 aromatic rings. The Morgan fingerprint density at radius 1 is 1.37 bits per heavy atom. The normalized spacial score (nSPS) is 25.5. The molecule has 1 fully saturated rings. The maximum absolute atomic E-state index is 11.7. The van der Waals surface area contributed by atoms with Crippen LogP contribution >= 0.6 is 15.9 Å². The molecule has 1 saturated heterocycles. The molecule has 4 nitrogen and oxygen atoms in total. The molecule has 1 amide bonds. The number of hydrogen-bond acceptors (Lipinski definition) is 3. The van der Waals surface area contributed by atoms with E-state index >= 15 is 0 Å². The summed E-state index contributed by atoms with van der Waals surface area (Å²) in [4.78, 5) is 11.7. The van der Waals surface area contributed by atoms with Crippen LogP contribution in [-0.4, -0.2) is 39.1 Å². The van der Waals surface area contributed by atoms with Crippen LogP contribution < -0.4 is 5.32 Å². The minimum absolute atomic E-state index is 0.117. The van der Waals surface area contributed by atoms with Crippen molar-refractivity contribution in [3.8, 4) is 0 Å². The van der Waals surface area contributed by atoms with E-state index in [1.54, 1.807) is 0 Å². The standard InChI is InChI=1S/C14H27BrN2O2/c1-13(2)9-11(14(3,4)17(13)19)10-16-12(18)7-5-6-8-15/h11,19H,5-10H2,1-4H3,(H,16,18). The van der Waals surface area contributed by atoms with Gasteiger partial charge in [0.1, 0.15) is 0 Å². The molecule has 0 aromatic heterocycles. The Kier molecular flexibility index (Phi) is 5.83. The van der Waals surface area contributed by atoms with Gasteiger partial charge in [-0.15, -0.1) is 0 Å². The number of carbonyl (C=O) groups excluding carboxylic acids is 1. The number of halogens is 1. The van der Waals surface area contributed by atoms with Crippen molar-refractivity contribution in [1.29, 1.82) is 0 Å². The average Bonchev–Trinajstić information content (AvgIpc) is 2.47. The van der Waals surface area contributed by atoms with Crippen molar-refractivity contribution in [2.45, 2.75) is 64.5 Å². The van der Waals surface area contributed by atoms with E-state index in [0.29, 0.717) is 13.0 Å². The van der Waals surface area contributed by atoms with Crippen LogP contribution in [-0.2, 0) is 4.79 Å². The Balaban J connectivity index is 2.43. The lowest BCUT2D eigenvalue weighted by Crippen LogP contribution is -2.48. The first kappa shape index (κ1) is 16.9. The summed E-state index contributed by atoms with van der Waals surface area (Å²) in [6, 6.07) is 0. The van der Waals surface area contributed by atoms with Gasteiger partial charge in [-0.25, -0.2) is 0 Å². The zero-order valence-corrected chi connectivity index (χ0v) is 14.1.